The average Bonchev–Trinajstić information content (AvgIpc) is 2.94. The molecule has 0 saturated heterocycles. The molecule has 1 aliphatic carbocycles. The van der Waals surface area contributed by atoms with Gasteiger partial charge in [-0.1, -0.05) is 60.9 Å². The van der Waals surface area contributed by atoms with E-state index in [9.17, 15) is 4.79 Å². The van der Waals surface area contributed by atoms with Crippen molar-refractivity contribution < 1.29 is 9.53 Å². The lowest BCUT2D eigenvalue weighted by Crippen LogP contribution is -2.35. The highest BCUT2D eigenvalue weighted by Gasteiger charge is 2.15. The third-order valence-corrected chi connectivity index (χ3v) is 6.27. The molecule has 1 heterocycles. The number of methoxy groups -OCH3 is 1. The number of amides is 1. The number of ether oxygens (including phenoxy) is 1. The number of para-hydroxylation sites is 2. The van der Waals surface area contributed by atoms with Gasteiger partial charge in [-0.05, 0) is 25.0 Å². The van der Waals surface area contributed by atoms with E-state index in [4.69, 9.17) is 4.74 Å². The molecule has 0 atom stereocenters. The van der Waals surface area contributed by atoms with Crippen LogP contribution in [0.3, 0.4) is 0 Å². The number of nitrogens with zero attached hydrogens (tertiary/aromatic N) is 2. The zero-order valence-electron chi connectivity index (χ0n) is 14.9. The second-order valence-corrected chi connectivity index (χ2v) is 8.44. The van der Waals surface area contributed by atoms with Crippen molar-refractivity contribution in [2.24, 2.45) is 0 Å². The Morgan fingerprint density at radius 2 is 2.00 bits per heavy atom. The zero-order chi connectivity index (χ0) is 18.2. The van der Waals surface area contributed by atoms with Gasteiger partial charge in [0.15, 0.2) is 4.34 Å². The quantitative estimate of drug-likeness (QED) is 0.543. The maximum atomic E-state index is 12.2. The summed E-state index contributed by atoms with van der Waals surface area (Å²) in [4.78, 5) is 12.2. The summed E-state index contributed by atoms with van der Waals surface area (Å²) in [7, 11) is 1.63. The molecule has 6 nitrogen and oxygen atoms in total. The van der Waals surface area contributed by atoms with Gasteiger partial charge in [0, 0.05) is 6.04 Å². The molecule has 1 aromatic heterocycles. The minimum atomic E-state index is 0.0799. The van der Waals surface area contributed by atoms with Gasteiger partial charge in [0.2, 0.25) is 11.0 Å². The number of carbonyl (C=O) groups is 1. The number of hydrogen-bond donors (Lipinski definition) is 2. The van der Waals surface area contributed by atoms with Crippen LogP contribution < -0.4 is 15.4 Å². The van der Waals surface area contributed by atoms with Crippen molar-refractivity contribution in [2.45, 2.75) is 48.9 Å². The number of anilines is 2. The Bertz CT molecular complexity index is 715. The van der Waals surface area contributed by atoms with Gasteiger partial charge in [-0.25, -0.2) is 0 Å². The smallest absolute Gasteiger partial charge is 0.230 e. The van der Waals surface area contributed by atoms with Crippen LogP contribution in [0.15, 0.2) is 28.6 Å². The van der Waals surface area contributed by atoms with Crippen molar-refractivity contribution in [1.82, 2.24) is 15.5 Å². The third-order valence-electron chi connectivity index (χ3n) is 4.30. The minimum absolute atomic E-state index is 0.0799. The predicted molar refractivity (Wildman–Crippen MR) is 107 cm³/mol. The van der Waals surface area contributed by atoms with E-state index in [2.05, 4.69) is 20.8 Å². The van der Waals surface area contributed by atoms with Crippen molar-refractivity contribution in [3.8, 4) is 5.75 Å². The summed E-state index contributed by atoms with van der Waals surface area (Å²) in [5, 5.41) is 15.3. The Balaban J connectivity index is 1.48. The van der Waals surface area contributed by atoms with Crippen LogP contribution in [0.5, 0.6) is 5.75 Å². The van der Waals surface area contributed by atoms with E-state index in [1.165, 1.54) is 48.8 Å². The van der Waals surface area contributed by atoms with Crippen molar-refractivity contribution in [3.05, 3.63) is 24.3 Å². The van der Waals surface area contributed by atoms with Crippen LogP contribution in [0, 0.1) is 0 Å². The van der Waals surface area contributed by atoms with E-state index in [0.717, 1.165) is 28.6 Å². The van der Waals surface area contributed by atoms with E-state index < -0.39 is 0 Å². The molecule has 0 aliphatic heterocycles. The Morgan fingerprint density at radius 3 is 2.77 bits per heavy atom. The van der Waals surface area contributed by atoms with E-state index in [1.807, 2.05) is 24.3 Å². The summed E-state index contributed by atoms with van der Waals surface area (Å²) in [5.74, 6) is 1.20. The molecule has 3 rings (SSSR count). The van der Waals surface area contributed by atoms with Crippen LogP contribution in [0.2, 0.25) is 0 Å². The largest absolute Gasteiger partial charge is 0.495 e. The number of rotatable bonds is 7. The Morgan fingerprint density at radius 1 is 1.23 bits per heavy atom. The van der Waals surface area contributed by atoms with Crippen molar-refractivity contribution in [1.29, 1.82) is 0 Å². The topological polar surface area (TPSA) is 76.1 Å². The van der Waals surface area contributed by atoms with Crippen molar-refractivity contribution >= 4 is 39.8 Å². The molecule has 8 heteroatoms. The molecule has 1 saturated carbocycles. The molecule has 2 N–H and O–H groups in total. The van der Waals surface area contributed by atoms with Gasteiger partial charge >= 0.3 is 0 Å². The summed E-state index contributed by atoms with van der Waals surface area (Å²) >= 11 is 2.86. The monoisotopic (exact) mass is 392 g/mol. The molecule has 26 heavy (non-hydrogen) atoms. The SMILES string of the molecule is COc1ccccc1Nc1nnc(SCC(=O)NC2CCCCCC2)s1. The summed E-state index contributed by atoms with van der Waals surface area (Å²) in [5.41, 5.74) is 0.841. The first-order valence-corrected chi connectivity index (χ1v) is 10.7. The van der Waals surface area contributed by atoms with Crippen LogP contribution >= 0.6 is 23.1 Å². The fourth-order valence-electron chi connectivity index (χ4n) is 3.00. The molecule has 0 radical (unpaired) electrons. The number of aromatic nitrogens is 2. The molecule has 0 bridgehead atoms. The normalized spacial score (nSPS) is 15.3. The van der Waals surface area contributed by atoms with Crippen LogP contribution in [0.25, 0.3) is 0 Å². The minimum Gasteiger partial charge on any atom is -0.495 e. The first-order chi connectivity index (χ1) is 12.7. The molecule has 1 fully saturated rings. The maximum Gasteiger partial charge on any atom is 0.230 e. The van der Waals surface area contributed by atoms with E-state index in [-0.39, 0.29) is 5.91 Å². The second-order valence-electron chi connectivity index (χ2n) is 6.24. The first kappa shape index (κ1) is 19.0. The van der Waals surface area contributed by atoms with E-state index >= 15 is 0 Å². The lowest BCUT2D eigenvalue weighted by molar-refractivity contribution is -0.119. The summed E-state index contributed by atoms with van der Waals surface area (Å²) in [6.07, 6.45) is 7.20. The molecule has 140 valence electrons. The number of nitrogens with one attached hydrogen (secondary N) is 2. The van der Waals surface area contributed by atoms with Crippen LogP contribution in [0.4, 0.5) is 10.8 Å². The highest BCUT2D eigenvalue weighted by atomic mass is 32.2. The van der Waals surface area contributed by atoms with Gasteiger partial charge < -0.3 is 15.4 Å². The number of hydrogen-bond acceptors (Lipinski definition) is 7. The maximum absolute atomic E-state index is 12.2. The predicted octanol–water partition coefficient (Wildman–Crippen LogP) is 4.22. The van der Waals surface area contributed by atoms with E-state index in [0.29, 0.717) is 16.9 Å². The Hall–Kier alpha value is -1.80. The van der Waals surface area contributed by atoms with Gasteiger partial charge in [-0.3, -0.25) is 4.79 Å². The molecule has 1 amide bonds. The molecule has 0 spiro atoms. The highest BCUT2D eigenvalue weighted by molar-refractivity contribution is 8.01. The molecule has 1 aromatic carbocycles. The molecular formula is C18H24N4O2S2. The summed E-state index contributed by atoms with van der Waals surface area (Å²) in [6, 6.07) is 7.99. The van der Waals surface area contributed by atoms with Gasteiger partial charge in [0.1, 0.15) is 5.75 Å². The lowest BCUT2D eigenvalue weighted by Gasteiger charge is -2.15. The number of carbonyl (C=O) groups excluding carboxylic acids is 1. The van der Waals surface area contributed by atoms with Gasteiger partial charge in [-0.15, -0.1) is 10.2 Å². The fraction of sp³-hybridized carbons (Fsp3) is 0.500. The standard InChI is InChI=1S/C18H24N4O2S2/c1-24-15-11-7-6-10-14(15)20-17-21-22-18(26-17)25-12-16(23)19-13-8-4-2-3-5-9-13/h6-7,10-11,13H,2-5,8-9,12H2,1H3,(H,19,23)(H,20,21). The number of thioether (sulfide) groups is 1. The Labute approximate surface area is 162 Å². The van der Waals surface area contributed by atoms with Crippen molar-refractivity contribution in [3.63, 3.8) is 0 Å². The van der Waals surface area contributed by atoms with Crippen molar-refractivity contribution in [2.75, 3.05) is 18.2 Å². The molecule has 1 aliphatic rings. The Kier molecular flexibility index (Phi) is 7.13. The number of benzene rings is 1. The van der Waals surface area contributed by atoms with Crippen LogP contribution in [0.1, 0.15) is 38.5 Å². The lowest BCUT2D eigenvalue weighted by atomic mass is 10.1. The molecule has 0 unspecified atom stereocenters. The average molecular weight is 393 g/mol. The van der Waals surface area contributed by atoms with Gasteiger partial charge in [0.25, 0.3) is 0 Å². The van der Waals surface area contributed by atoms with Crippen LogP contribution in [-0.2, 0) is 4.79 Å². The van der Waals surface area contributed by atoms with E-state index in [1.54, 1.807) is 7.11 Å². The fourth-order valence-corrected chi connectivity index (χ4v) is 4.58. The molecular weight excluding hydrogens is 368 g/mol. The first-order valence-electron chi connectivity index (χ1n) is 8.90. The highest BCUT2D eigenvalue weighted by Crippen LogP contribution is 2.31. The molecule has 2 aromatic rings. The van der Waals surface area contributed by atoms with Gasteiger partial charge in [0.05, 0.1) is 18.6 Å². The second kappa shape index (κ2) is 9.78. The third kappa shape index (κ3) is 5.60. The van der Waals surface area contributed by atoms with Crippen LogP contribution in [-0.4, -0.2) is 35.0 Å². The summed E-state index contributed by atoms with van der Waals surface area (Å²) in [6.45, 7) is 0. The summed E-state index contributed by atoms with van der Waals surface area (Å²) < 4.78 is 6.10. The van der Waals surface area contributed by atoms with Gasteiger partial charge in [-0.2, -0.15) is 0 Å². The zero-order valence-corrected chi connectivity index (χ0v) is 16.5.